The van der Waals surface area contributed by atoms with Crippen molar-refractivity contribution in [1.82, 2.24) is 0 Å². The molecule has 0 aliphatic heterocycles. The van der Waals surface area contributed by atoms with Gasteiger partial charge in [-0.2, -0.15) is 0 Å². The summed E-state index contributed by atoms with van der Waals surface area (Å²) in [6.07, 6.45) is 7.31. The number of hydrogen-bond acceptors (Lipinski definition) is 1. The molecule has 18 heavy (non-hydrogen) atoms. The number of aryl methyl sites for hydroxylation is 1. The van der Waals surface area contributed by atoms with Crippen LogP contribution >= 0.6 is 0 Å². The average molecular weight is 247 g/mol. The first kappa shape index (κ1) is 12.2. The van der Waals surface area contributed by atoms with E-state index in [4.69, 9.17) is 5.73 Å². The molecule has 2 aliphatic carbocycles. The molecule has 2 fully saturated rings. The monoisotopic (exact) mass is 247 g/mol. The Bertz CT molecular complexity index is 452. The van der Waals surface area contributed by atoms with Gasteiger partial charge in [-0.15, -0.1) is 0 Å². The zero-order valence-electron chi connectivity index (χ0n) is 11.1. The fourth-order valence-electron chi connectivity index (χ4n) is 3.70. The molecule has 2 unspecified atom stereocenters. The Morgan fingerprint density at radius 1 is 1.22 bits per heavy atom. The third-order valence-corrected chi connectivity index (χ3v) is 4.85. The summed E-state index contributed by atoms with van der Waals surface area (Å²) >= 11 is 0. The maximum absolute atomic E-state index is 13.5. The normalized spacial score (nSPS) is 32.5. The first-order valence-corrected chi connectivity index (χ1v) is 7.14. The highest BCUT2D eigenvalue weighted by molar-refractivity contribution is 5.33. The standard InChI is InChI=1S/C16H22FN/c1-11-4-7-14(17)9-15(11)16(18)8-2-3-13(10-16)12-5-6-12/h4,7,9,12-13H,2-3,5-6,8,10,18H2,1H3. The highest BCUT2D eigenvalue weighted by Crippen LogP contribution is 2.49. The number of rotatable bonds is 2. The van der Waals surface area contributed by atoms with Gasteiger partial charge in [0.2, 0.25) is 0 Å². The summed E-state index contributed by atoms with van der Waals surface area (Å²) < 4.78 is 13.5. The summed E-state index contributed by atoms with van der Waals surface area (Å²) in [7, 11) is 0. The zero-order chi connectivity index (χ0) is 12.8. The predicted molar refractivity (Wildman–Crippen MR) is 71.7 cm³/mol. The summed E-state index contributed by atoms with van der Waals surface area (Å²) in [5.41, 5.74) is 8.52. The van der Waals surface area contributed by atoms with Crippen LogP contribution in [0.15, 0.2) is 18.2 Å². The molecular formula is C16H22FN. The van der Waals surface area contributed by atoms with Gasteiger partial charge in [0, 0.05) is 5.54 Å². The van der Waals surface area contributed by atoms with Crippen molar-refractivity contribution in [3.63, 3.8) is 0 Å². The van der Waals surface area contributed by atoms with Crippen LogP contribution in [0.2, 0.25) is 0 Å². The Kier molecular flexibility index (Phi) is 2.93. The predicted octanol–water partition coefficient (Wildman–Crippen LogP) is 3.89. The summed E-state index contributed by atoms with van der Waals surface area (Å²) in [5, 5.41) is 0. The SMILES string of the molecule is Cc1ccc(F)cc1C1(N)CCCC(C2CC2)C1. The molecule has 2 N–H and O–H groups in total. The third-order valence-electron chi connectivity index (χ3n) is 4.85. The first-order valence-electron chi connectivity index (χ1n) is 7.14. The molecule has 2 aliphatic rings. The van der Waals surface area contributed by atoms with Crippen LogP contribution in [-0.2, 0) is 5.54 Å². The van der Waals surface area contributed by atoms with Gasteiger partial charge in [0.15, 0.2) is 0 Å². The lowest BCUT2D eigenvalue weighted by Crippen LogP contribution is -2.42. The Morgan fingerprint density at radius 3 is 2.72 bits per heavy atom. The van der Waals surface area contributed by atoms with Crippen molar-refractivity contribution in [2.75, 3.05) is 0 Å². The lowest BCUT2D eigenvalue weighted by atomic mass is 9.70. The van der Waals surface area contributed by atoms with Crippen molar-refractivity contribution >= 4 is 0 Å². The van der Waals surface area contributed by atoms with Gasteiger partial charge in [0.25, 0.3) is 0 Å². The summed E-state index contributed by atoms with van der Waals surface area (Å²) in [6, 6.07) is 5.05. The molecule has 0 radical (unpaired) electrons. The fourth-order valence-corrected chi connectivity index (χ4v) is 3.70. The molecule has 0 aromatic heterocycles. The number of halogens is 1. The van der Waals surface area contributed by atoms with Gasteiger partial charge in [-0.3, -0.25) is 0 Å². The summed E-state index contributed by atoms with van der Waals surface area (Å²) in [5.74, 6) is 1.52. The van der Waals surface area contributed by atoms with Gasteiger partial charge in [-0.25, -0.2) is 4.39 Å². The van der Waals surface area contributed by atoms with Gasteiger partial charge in [0.1, 0.15) is 5.82 Å². The molecule has 3 rings (SSSR count). The largest absolute Gasteiger partial charge is 0.321 e. The molecule has 98 valence electrons. The minimum absolute atomic E-state index is 0.158. The van der Waals surface area contributed by atoms with Gasteiger partial charge in [-0.1, -0.05) is 18.9 Å². The maximum atomic E-state index is 13.5. The number of nitrogens with two attached hydrogens (primary N) is 1. The van der Waals surface area contributed by atoms with Crippen molar-refractivity contribution < 1.29 is 4.39 Å². The topological polar surface area (TPSA) is 26.0 Å². The summed E-state index contributed by atoms with van der Waals surface area (Å²) in [6.45, 7) is 2.05. The molecule has 0 spiro atoms. The Balaban J connectivity index is 1.90. The minimum Gasteiger partial charge on any atom is -0.321 e. The van der Waals surface area contributed by atoms with Crippen LogP contribution in [0.1, 0.15) is 49.7 Å². The lowest BCUT2D eigenvalue weighted by Gasteiger charge is -2.39. The van der Waals surface area contributed by atoms with E-state index >= 15 is 0 Å². The van der Waals surface area contributed by atoms with Gasteiger partial charge >= 0.3 is 0 Å². The van der Waals surface area contributed by atoms with Gasteiger partial charge in [0.05, 0.1) is 0 Å². The van der Waals surface area contributed by atoms with Crippen molar-refractivity contribution in [3.8, 4) is 0 Å². The molecule has 1 aromatic carbocycles. The molecular weight excluding hydrogens is 225 g/mol. The lowest BCUT2D eigenvalue weighted by molar-refractivity contribution is 0.205. The van der Waals surface area contributed by atoms with E-state index in [0.717, 1.165) is 35.8 Å². The van der Waals surface area contributed by atoms with Crippen molar-refractivity contribution in [2.24, 2.45) is 17.6 Å². The molecule has 0 saturated heterocycles. The Hall–Kier alpha value is -0.890. The van der Waals surface area contributed by atoms with Crippen LogP contribution in [0.5, 0.6) is 0 Å². The van der Waals surface area contributed by atoms with Crippen molar-refractivity contribution in [2.45, 2.75) is 51.0 Å². The molecule has 2 heteroatoms. The highest BCUT2D eigenvalue weighted by Gasteiger charge is 2.41. The Labute approximate surface area is 109 Å². The number of benzene rings is 1. The molecule has 0 amide bonds. The van der Waals surface area contributed by atoms with E-state index in [1.807, 2.05) is 13.0 Å². The van der Waals surface area contributed by atoms with Crippen LogP contribution in [-0.4, -0.2) is 0 Å². The second-order valence-corrected chi connectivity index (χ2v) is 6.31. The quantitative estimate of drug-likeness (QED) is 0.843. The smallest absolute Gasteiger partial charge is 0.123 e. The second-order valence-electron chi connectivity index (χ2n) is 6.31. The first-order chi connectivity index (χ1) is 8.58. The van der Waals surface area contributed by atoms with Crippen LogP contribution < -0.4 is 5.73 Å². The molecule has 1 nitrogen and oxygen atoms in total. The third kappa shape index (κ3) is 2.18. The van der Waals surface area contributed by atoms with Crippen LogP contribution in [0.3, 0.4) is 0 Å². The van der Waals surface area contributed by atoms with E-state index in [0.29, 0.717) is 0 Å². The van der Waals surface area contributed by atoms with Crippen LogP contribution in [0.25, 0.3) is 0 Å². The Morgan fingerprint density at radius 2 is 2.00 bits per heavy atom. The van der Waals surface area contributed by atoms with E-state index < -0.39 is 0 Å². The molecule has 1 aromatic rings. The average Bonchev–Trinajstić information content (AvgIpc) is 3.16. The van der Waals surface area contributed by atoms with E-state index in [1.165, 1.54) is 31.7 Å². The molecule has 0 heterocycles. The van der Waals surface area contributed by atoms with Gasteiger partial charge < -0.3 is 5.73 Å². The number of hydrogen-bond donors (Lipinski definition) is 1. The second kappa shape index (κ2) is 4.34. The van der Waals surface area contributed by atoms with Crippen LogP contribution in [0.4, 0.5) is 4.39 Å². The van der Waals surface area contributed by atoms with E-state index in [-0.39, 0.29) is 11.4 Å². The minimum atomic E-state index is -0.294. The zero-order valence-corrected chi connectivity index (χ0v) is 11.1. The summed E-state index contributed by atoms with van der Waals surface area (Å²) in [4.78, 5) is 0. The van der Waals surface area contributed by atoms with E-state index in [1.54, 1.807) is 6.07 Å². The molecule has 2 atom stereocenters. The van der Waals surface area contributed by atoms with Crippen molar-refractivity contribution in [3.05, 3.63) is 35.1 Å². The van der Waals surface area contributed by atoms with Crippen LogP contribution in [0, 0.1) is 24.6 Å². The fraction of sp³-hybridized carbons (Fsp3) is 0.625. The van der Waals surface area contributed by atoms with E-state index in [9.17, 15) is 4.39 Å². The maximum Gasteiger partial charge on any atom is 0.123 e. The van der Waals surface area contributed by atoms with Crippen molar-refractivity contribution in [1.29, 1.82) is 0 Å². The highest BCUT2D eigenvalue weighted by atomic mass is 19.1. The van der Waals surface area contributed by atoms with Gasteiger partial charge in [-0.05, 0) is 67.7 Å². The molecule has 2 saturated carbocycles. The molecule has 0 bridgehead atoms. The van der Waals surface area contributed by atoms with E-state index in [2.05, 4.69) is 0 Å².